The van der Waals surface area contributed by atoms with Gasteiger partial charge in [0.15, 0.2) is 5.69 Å². The topological polar surface area (TPSA) is 179 Å². The van der Waals surface area contributed by atoms with Gasteiger partial charge in [-0.15, -0.1) is 5.10 Å². The van der Waals surface area contributed by atoms with Gasteiger partial charge in [-0.2, -0.15) is 21.7 Å². The first-order valence-corrected chi connectivity index (χ1v) is 17.0. The van der Waals surface area contributed by atoms with E-state index in [1.54, 1.807) is 30.3 Å². The molecule has 14 nitrogen and oxygen atoms in total. The Balaban J connectivity index is 1.32. The van der Waals surface area contributed by atoms with Gasteiger partial charge >= 0.3 is 6.09 Å². The van der Waals surface area contributed by atoms with Crippen LogP contribution in [0, 0.1) is 11.3 Å². The molecule has 2 aromatic heterocycles. The number of fused-ring (bicyclic) bond motifs is 4. The van der Waals surface area contributed by atoms with Gasteiger partial charge in [0.05, 0.1) is 30.7 Å². The van der Waals surface area contributed by atoms with Crippen LogP contribution in [0.25, 0.3) is 23.0 Å². The number of benzene rings is 2. The second-order valence-electron chi connectivity index (χ2n) is 11.3. The number of carbonyl (C=O) groups is 2. The van der Waals surface area contributed by atoms with E-state index in [4.69, 9.17) is 16.3 Å². The average Bonchev–Trinajstić information content (AvgIpc) is 3.79. The van der Waals surface area contributed by atoms with Crippen LogP contribution in [-0.2, 0) is 9.53 Å². The third kappa shape index (κ3) is 7.79. The fourth-order valence-corrected chi connectivity index (χ4v) is 6.98. The maximum atomic E-state index is 13.4. The number of halogens is 1. The molecule has 2 atom stereocenters. The number of ether oxygens (including phenoxy) is 1. The standard InChI is InChI=1S/C32H34ClN11O3S/c1-47-32(46)36-22-8-9-23-25(17-22)37-28(43-12-14-48-15-13-43)5-3-2-4-24(31-39-26(18-34)30(23)40-31)38-29(45)11-6-20-16-21(33)7-10-27(20)44-19-35-41-42-44/h6-11,16-17,19,24,28,37H,2-5,12-15H2,1H3,(H,36,46)(H,38,45)(H,39,40)/b11-6+/t24-,28-/m0/s1. The molecule has 16 heteroatoms. The van der Waals surface area contributed by atoms with E-state index in [-0.39, 0.29) is 17.8 Å². The molecular weight excluding hydrogens is 654 g/mol. The van der Waals surface area contributed by atoms with Gasteiger partial charge in [-0.05, 0) is 72.2 Å². The van der Waals surface area contributed by atoms with Crippen molar-refractivity contribution >= 4 is 52.8 Å². The molecule has 0 spiro atoms. The van der Waals surface area contributed by atoms with Crippen molar-refractivity contribution in [3.63, 3.8) is 0 Å². The molecule has 2 aliphatic heterocycles. The highest BCUT2D eigenvalue weighted by Gasteiger charge is 2.27. The maximum Gasteiger partial charge on any atom is 0.411 e. The predicted molar refractivity (Wildman–Crippen MR) is 184 cm³/mol. The molecule has 0 aliphatic carbocycles. The molecule has 0 radical (unpaired) electrons. The molecule has 4 N–H and O–H groups in total. The van der Waals surface area contributed by atoms with Crippen LogP contribution in [-0.4, -0.2) is 84.9 Å². The Kier molecular flexibility index (Phi) is 10.5. The highest BCUT2D eigenvalue weighted by atomic mass is 35.5. The number of tetrazole rings is 1. The van der Waals surface area contributed by atoms with Crippen LogP contribution in [0.2, 0.25) is 5.02 Å². The smallest absolute Gasteiger partial charge is 0.411 e. The number of nitrogens with zero attached hydrogens (tertiary/aromatic N) is 7. The minimum atomic E-state index is -0.580. The number of nitriles is 1. The minimum Gasteiger partial charge on any atom is -0.453 e. The summed E-state index contributed by atoms with van der Waals surface area (Å²) < 4.78 is 6.30. The van der Waals surface area contributed by atoms with E-state index in [1.165, 1.54) is 24.2 Å². The second-order valence-corrected chi connectivity index (χ2v) is 12.9. The molecule has 2 amide bonds. The van der Waals surface area contributed by atoms with E-state index in [2.05, 4.69) is 52.4 Å². The second kappa shape index (κ2) is 15.3. The molecular formula is C32H34ClN11O3S. The van der Waals surface area contributed by atoms with E-state index < -0.39 is 12.1 Å². The number of aromatic nitrogens is 6. The quantitative estimate of drug-likeness (QED) is 0.201. The molecule has 4 heterocycles. The highest BCUT2D eigenvalue weighted by molar-refractivity contribution is 7.99. The van der Waals surface area contributed by atoms with Crippen molar-refractivity contribution in [2.75, 3.05) is 42.3 Å². The van der Waals surface area contributed by atoms with Crippen molar-refractivity contribution in [1.82, 2.24) is 40.4 Å². The summed E-state index contributed by atoms with van der Waals surface area (Å²) in [5, 5.41) is 31.6. The summed E-state index contributed by atoms with van der Waals surface area (Å²) in [4.78, 5) is 35.8. The lowest BCUT2D eigenvalue weighted by Gasteiger charge is -2.36. The molecule has 0 unspecified atom stereocenters. The van der Waals surface area contributed by atoms with E-state index in [0.29, 0.717) is 39.9 Å². The van der Waals surface area contributed by atoms with Crippen LogP contribution in [0.5, 0.6) is 0 Å². The molecule has 2 aromatic carbocycles. The molecule has 248 valence electrons. The number of imidazole rings is 1. The Labute approximate surface area is 286 Å². The number of hydrogen-bond acceptors (Lipinski definition) is 11. The van der Waals surface area contributed by atoms with Crippen molar-refractivity contribution in [2.24, 2.45) is 0 Å². The van der Waals surface area contributed by atoms with E-state index in [1.807, 2.05) is 23.9 Å². The monoisotopic (exact) mass is 687 g/mol. The SMILES string of the molecule is COC(=O)Nc1ccc2c(c1)N[C@@H](N1CCSCC1)CCCC[C@H](NC(=O)/C=C/c1cc(Cl)ccc1-n1cnnn1)c1nc(C#N)c-2[nH]1. The molecule has 0 saturated carbocycles. The van der Waals surface area contributed by atoms with Gasteiger partial charge in [0.25, 0.3) is 0 Å². The zero-order valence-electron chi connectivity index (χ0n) is 26.1. The Bertz CT molecular complexity index is 1830. The van der Waals surface area contributed by atoms with Crippen LogP contribution in [0.4, 0.5) is 16.2 Å². The van der Waals surface area contributed by atoms with Crippen LogP contribution in [0.1, 0.15) is 48.8 Å². The number of aromatic amines is 1. The molecule has 2 aliphatic rings. The molecule has 1 saturated heterocycles. The van der Waals surface area contributed by atoms with Crippen LogP contribution in [0.15, 0.2) is 48.8 Å². The number of anilines is 2. The number of thioether (sulfide) groups is 1. The first kappa shape index (κ1) is 33.0. The molecule has 2 bridgehead atoms. The van der Waals surface area contributed by atoms with Gasteiger partial charge in [0.1, 0.15) is 18.2 Å². The Morgan fingerprint density at radius 2 is 2.00 bits per heavy atom. The van der Waals surface area contributed by atoms with Crippen molar-refractivity contribution in [3.8, 4) is 23.0 Å². The maximum absolute atomic E-state index is 13.4. The van der Waals surface area contributed by atoms with Crippen molar-refractivity contribution in [3.05, 3.63) is 70.9 Å². The molecule has 6 rings (SSSR count). The van der Waals surface area contributed by atoms with E-state index in [0.717, 1.165) is 55.1 Å². The lowest BCUT2D eigenvalue weighted by atomic mass is 10.0. The summed E-state index contributed by atoms with van der Waals surface area (Å²) in [6, 6.07) is 12.4. The summed E-state index contributed by atoms with van der Waals surface area (Å²) in [7, 11) is 1.31. The summed E-state index contributed by atoms with van der Waals surface area (Å²) in [6.45, 7) is 1.89. The number of H-pyrrole nitrogens is 1. The van der Waals surface area contributed by atoms with Gasteiger partial charge < -0.3 is 20.4 Å². The predicted octanol–water partition coefficient (Wildman–Crippen LogP) is 4.99. The Hall–Kier alpha value is -4.91. The first-order valence-electron chi connectivity index (χ1n) is 15.5. The first-order chi connectivity index (χ1) is 23.4. The number of rotatable bonds is 6. The largest absolute Gasteiger partial charge is 0.453 e. The average molecular weight is 688 g/mol. The lowest BCUT2D eigenvalue weighted by Crippen LogP contribution is -2.45. The van der Waals surface area contributed by atoms with Crippen molar-refractivity contribution in [2.45, 2.75) is 37.9 Å². The van der Waals surface area contributed by atoms with Crippen molar-refractivity contribution in [1.29, 1.82) is 5.26 Å². The van der Waals surface area contributed by atoms with Gasteiger partial charge in [0, 0.05) is 58.2 Å². The van der Waals surface area contributed by atoms with Crippen LogP contribution < -0.4 is 16.0 Å². The summed E-state index contributed by atoms with van der Waals surface area (Å²) >= 11 is 8.20. The minimum absolute atomic E-state index is 0.0217. The van der Waals surface area contributed by atoms with Gasteiger partial charge in [-0.1, -0.05) is 18.0 Å². The number of methoxy groups -OCH3 is 1. The van der Waals surface area contributed by atoms with Gasteiger partial charge in [-0.25, -0.2) is 9.78 Å². The van der Waals surface area contributed by atoms with Gasteiger partial charge in [0.2, 0.25) is 5.91 Å². The van der Waals surface area contributed by atoms with Crippen LogP contribution in [0.3, 0.4) is 0 Å². The van der Waals surface area contributed by atoms with Crippen LogP contribution >= 0.6 is 23.4 Å². The van der Waals surface area contributed by atoms with E-state index in [9.17, 15) is 14.9 Å². The third-order valence-corrected chi connectivity index (χ3v) is 9.40. The number of hydrogen-bond donors (Lipinski definition) is 4. The van der Waals surface area contributed by atoms with E-state index >= 15 is 0 Å². The third-order valence-electron chi connectivity index (χ3n) is 8.22. The summed E-state index contributed by atoms with van der Waals surface area (Å²) in [6.07, 6.45) is 7.16. The number of carbonyl (C=O) groups excluding carboxylic acids is 2. The number of nitrogens with one attached hydrogen (secondary N) is 4. The number of amides is 2. The molecule has 4 aromatic rings. The normalized spacial score (nSPS) is 18.4. The lowest BCUT2D eigenvalue weighted by molar-refractivity contribution is -0.117. The van der Waals surface area contributed by atoms with Gasteiger partial charge in [-0.3, -0.25) is 15.0 Å². The molecule has 1 fully saturated rings. The summed E-state index contributed by atoms with van der Waals surface area (Å²) in [5.74, 6) is 2.24. The zero-order valence-corrected chi connectivity index (χ0v) is 27.7. The summed E-state index contributed by atoms with van der Waals surface area (Å²) in [5.41, 5.74) is 4.04. The Morgan fingerprint density at radius 3 is 2.77 bits per heavy atom. The Morgan fingerprint density at radius 1 is 1.17 bits per heavy atom. The fourth-order valence-electron chi connectivity index (χ4n) is 5.86. The highest BCUT2D eigenvalue weighted by Crippen LogP contribution is 2.35. The molecule has 48 heavy (non-hydrogen) atoms. The fraction of sp³-hybridized carbons (Fsp3) is 0.344. The zero-order chi connectivity index (χ0) is 33.5. The van der Waals surface area contributed by atoms with Crippen molar-refractivity contribution < 1.29 is 14.3 Å².